The van der Waals surface area contributed by atoms with Crippen LogP contribution in [0.2, 0.25) is 0 Å². The van der Waals surface area contributed by atoms with E-state index in [4.69, 9.17) is 9.47 Å². The minimum atomic E-state index is -0.384. The van der Waals surface area contributed by atoms with E-state index < -0.39 is 0 Å². The van der Waals surface area contributed by atoms with Crippen molar-refractivity contribution >= 4 is 23.4 Å². The molecule has 0 aromatic heterocycles. The Morgan fingerprint density at radius 1 is 0.962 bits per heavy atom. The molecule has 0 spiro atoms. The maximum absolute atomic E-state index is 12.1. The van der Waals surface area contributed by atoms with Gasteiger partial charge in [-0.3, -0.25) is 25.2 Å². The molecule has 0 aliphatic rings. The van der Waals surface area contributed by atoms with Crippen LogP contribution in [0.25, 0.3) is 0 Å². The zero-order valence-corrected chi connectivity index (χ0v) is 15.6. The number of carbonyl (C=O) groups excluding carboxylic acids is 3. The predicted octanol–water partition coefficient (Wildman–Crippen LogP) is -0.895. The van der Waals surface area contributed by atoms with Gasteiger partial charge in [-0.05, 0) is 26.0 Å². The molecular weight excluding hydrogens is 340 g/mol. The van der Waals surface area contributed by atoms with Gasteiger partial charge in [-0.2, -0.15) is 0 Å². The summed E-state index contributed by atoms with van der Waals surface area (Å²) >= 11 is 0. The molecule has 0 aliphatic heterocycles. The van der Waals surface area contributed by atoms with Gasteiger partial charge in [0.05, 0.1) is 20.3 Å². The van der Waals surface area contributed by atoms with Crippen molar-refractivity contribution in [1.29, 1.82) is 0 Å². The Bertz CT molecular complexity index is 636. The highest BCUT2D eigenvalue weighted by Gasteiger charge is 2.15. The summed E-state index contributed by atoms with van der Waals surface area (Å²) in [6.07, 6.45) is 0. The number of likely N-dealkylation sites (N-methyl/N-ethyl adjacent to an activating group) is 1. The fraction of sp³-hybridized carbons (Fsp3) is 0.471. The minimum absolute atomic E-state index is 0.0428. The maximum Gasteiger partial charge on any atom is 0.293 e. The molecule has 0 aliphatic carbocycles. The van der Waals surface area contributed by atoms with Crippen molar-refractivity contribution in [3.8, 4) is 11.5 Å². The molecule has 0 radical (unpaired) electrons. The van der Waals surface area contributed by atoms with Crippen LogP contribution in [-0.4, -0.2) is 51.1 Å². The zero-order valence-electron chi connectivity index (χ0n) is 15.6. The summed E-state index contributed by atoms with van der Waals surface area (Å²) in [7, 11) is 1.71. The Balaban J connectivity index is 2.57. The van der Waals surface area contributed by atoms with Gasteiger partial charge in [0.25, 0.3) is 11.8 Å². The van der Waals surface area contributed by atoms with E-state index in [1.807, 2.05) is 13.8 Å². The molecule has 0 saturated heterocycles. The molecule has 0 bridgehead atoms. The molecule has 26 heavy (non-hydrogen) atoms. The standard InChI is InChI=1S/C17H26N4O5/c1-5-25-14-8-7-13(9-15(14)26-6-2)18-16(23)10-21(4)11-17(24)20-19-12(3)22/h7-9H,5-6,10-11H2,1-4H3,(H,18,23)(H,19,22)(H,20,24)/p+1. The Hall–Kier alpha value is -2.81. The van der Waals surface area contributed by atoms with Crippen molar-refractivity contribution in [2.75, 3.05) is 38.7 Å². The number of amides is 3. The van der Waals surface area contributed by atoms with Gasteiger partial charge < -0.3 is 19.7 Å². The van der Waals surface area contributed by atoms with E-state index in [2.05, 4.69) is 16.2 Å². The molecule has 0 fully saturated rings. The fourth-order valence-corrected chi connectivity index (χ4v) is 2.15. The Morgan fingerprint density at radius 2 is 1.58 bits per heavy atom. The zero-order chi connectivity index (χ0) is 19.5. The molecule has 1 aromatic rings. The summed E-state index contributed by atoms with van der Waals surface area (Å²) in [5.74, 6) is 0.174. The molecule has 0 saturated carbocycles. The topological polar surface area (TPSA) is 110 Å². The van der Waals surface area contributed by atoms with Crippen LogP contribution in [0.15, 0.2) is 18.2 Å². The van der Waals surface area contributed by atoms with Crippen LogP contribution < -0.4 is 30.5 Å². The van der Waals surface area contributed by atoms with Crippen LogP contribution in [0.1, 0.15) is 20.8 Å². The summed E-state index contributed by atoms with van der Waals surface area (Å²) in [6.45, 7) is 6.16. The third-order valence-corrected chi connectivity index (χ3v) is 3.13. The van der Waals surface area contributed by atoms with E-state index in [1.165, 1.54) is 6.92 Å². The molecule has 9 heteroatoms. The number of quaternary nitrogens is 1. The highest BCUT2D eigenvalue weighted by Crippen LogP contribution is 2.30. The van der Waals surface area contributed by atoms with Gasteiger partial charge in [0.1, 0.15) is 0 Å². The lowest BCUT2D eigenvalue weighted by molar-refractivity contribution is -0.862. The number of ether oxygens (including phenoxy) is 2. The first-order valence-electron chi connectivity index (χ1n) is 8.41. The number of hydrogen-bond acceptors (Lipinski definition) is 5. The van der Waals surface area contributed by atoms with E-state index in [0.29, 0.717) is 35.3 Å². The summed E-state index contributed by atoms with van der Waals surface area (Å²) in [5.41, 5.74) is 5.03. The first-order chi connectivity index (χ1) is 12.3. The number of benzene rings is 1. The lowest BCUT2D eigenvalue weighted by Gasteiger charge is -2.15. The van der Waals surface area contributed by atoms with Gasteiger partial charge >= 0.3 is 0 Å². The Labute approximate surface area is 153 Å². The van der Waals surface area contributed by atoms with Gasteiger partial charge in [-0.15, -0.1) is 0 Å². The first-order valence-corrected chi connectivity index (χ1v) is 8.41. The normalized spacial score (nSPS) is 11.2. The second-order valence-electron chi connectivity index (χ2n) is 5.62. The number of hydrazine groups is 1. The average Bonchev–Trinajstić information content (AvgIpc) is 2.55. The smallest absolute Gasteiger partial charge is 0.293 e. The van der Waals surface area contributed by atoms with E-state index in [1.54, 1.807) is 25.2 Å². The van der Waals surface area contributed by atoms with Crippen molar-refractivity contribution in [1.82, 2.24) is 10.9 Å². The van der Waals surface area contributed by atoms with Crippen molar-refractivity contribution in [3.63, 3.8) is 0 Å². The molecule has 4 N–H and O–H groups in total. The average molecular weight is 367 g/mol. The Morgan fingerprint density at radius 3 is 2.19 bits per heavy atom. The minimum Gasteiger partial charge on any atom is -0.490 e. The van der Waals surface area contributed by atoms with Gasteiger partial charge in [-0.1, -0.05) is 0 Å². The third kappa shape index (κ3) is 7.84. The molecule has 0 heterocycles. The summed E-state index contributed by atoms with van der Waals surface area (Å²) < 4.78 is 11.0. The monoisotopic (exact) mass is 367 g/mol. The van der Waals surface area contributed by atoms with Gasteiger partial charge in [0.15, 0.2) is 24.6 Å². The van der Waals surface area contributed by atoms with Crippen LogP contribution in [0.5, 0.6) is 11.5 Å². The molecular formula is C17H27N4O5+. The van der Waals surface area contributed by atoms with Crippen LogP contribution in [0.3, 0.4) is 0 Å². The molecule has 1 rings (SSSR count). The van der Waals surface area contributed by atoms with Crippen LogP contribution >= 0.6 is 0 Å². The van der Waals surface area contributed by atoms with Gasteiger partial charge in [-0.25, -0.2) is 0 Å². The largest absolute Gasteiger partial charge is 0.490 e. The summed E-state index contributed by atoms with van der Waals surface area (Å²) in [5, 5.41) is 2.77. The van der Waals surface area contributed by atoms with Crippen LogP contribution in [0.4, 0.5) is 5.69 Å². The molecule has 9 nitrogen and oxygen atoms in total. The number of anilines is 1. The third-order valence-electron chi connectivity index (χ3n) is 3.13. The fourth-order valence-electron chi connectivity index (χ4n) is 2.15. The van der Waals surface area contributed by atoms with E-state index in [0.717, 1.165) is 0 Å². The molecule has 1 unspecified atom stereocenters. The first kappa shape index (κ1) is 21.2. The quantitative estimate of drug-likeness (QED) is 0.423. The molecule has 1 atom stereocenters. The van der Waals surface area contributed by atoms with E-state index >= 15 is 0 Å². The second-order valence-corrected chi connectivity index (χ2v) is 5.62. The molecule has 3 amide bonds. The maximum atomic E-state index is 12.1. The lowest BCUT2D eigenvalue weighted by atomic mass is 10.2. The number of hydrogen-bond donors (Lipinski definition) is 4. The lowest BCUT2D eigenvalue weighted by Crippen LogP contribution is -3.11. The number of rotatable bonds is 9. The van der Waals surface area contributed by atoms with Crippen LogP contribution in [0, 0.1) is 0 Å². The van der Waals surface area contributed by atoms with Crippen molar-refractivity contribution in [2.24, 2.45) is 0 Å². The van der Waals surface area contributed by atoms with Crippen molar-refractivity contribution < 1.29 is 28.8 Å². The SMILES string of the molecule is CCOc1ccc(NC(=O)C[NH+](C)CC(=O)NNC(C)=O)cc1OCC. The summed E-state index contributed by atoms with van der Waals surface area (Å²) in [4.78, 5) is 35.2. The van der Waals surface area contributed by atoms with Gasteiger partial charge in [0, 0.05) is 18.7 Å². The summed E-state index contributed by atoms with van der Waals surface area (Å²) in [6, 6.07) is 5.16. The van der Waals surface area contributed by atoms with E-state index in [9.17, 15) is 14.4 Å². The predicted molar refractivity (Wildman–Crippen MR) is 96.0 cm³/mol. The molecule has 1 aromatic carbocycles. The van der Waals surface area contributed by atoms with Gasteiger partial charge in [0.2, 0.25) is 5.91 Å². The van der Waals surface area contributed by atoms with Crippen LogP contribution in [-0.2, 0) is 14.4 Å². The number of carbonyl (C=O) groups is 3. The Kier molecular flexibility index (Phi) is 8.93. The van der Waals surface area contributed by atoms with Crippen molar-refractivity contribution in [3.05, 3.63) is 18.2 Å². The highest BCUT2D eigenvalue weighted by atomic mass is 16.5. The highest BCUT2D eigenvalue weighted by molar-refractivity contribution is 5.92. The second kappa shape index (κ2) is 10.9. The molecule has 144 valence electrons. The van der Waals surface area contributed by atoms with E-state index in [-0.39, 0.29) is 30.8 Å². The van der Waals surface area contributed by atoms with Crippen molar-refractivity contribution in [2.45, 2.75) is 20.8 Å². The number of nitrogens with one attached hydrogen (secondary N) is 4.